The molecule has 3 heterocycles. The van der Waals surface area contributed by atoms with Crippen molar-refractivity contribution >= 4 is 33.6 Å². The van der Waals surface area contributed by atoms with Crippen LogP contribution in [0.2, 0.25) is 5.02 Å². The van der Waals surface area contributed by atoms with Crippen LogP contribution < -0.4 is 4.90 Å². The summed E-state index contributed by atoms with van der Waals surface area (Å²) in [6.07, 6.45) is 0.735. The van der Waals surface area contributed by atoms with Crippen molar-refractivity contribution in [1.29, 1.82) is 0 Å². The molecule has 0 spiro atoms. The third-order valence-electron chi connectivity index (χ3n) is 5.81. The molecule has 0 saturated carbocycles. The maximum absolute atomic E-state index is 11.1. The first kappa shape index (κ1) is 20.3. The minimum Gasteiger partial charge on any atom is -0.492 e. The van der Waals surface area contributed by atoms with Crippen LogP contribution in [0.25, 0.3) is 4.96 Å². The number of para-hydroxylation sites is 1. The molecule has 5 rings (SSSR count). The number of anilines is 1. The molecular formula is C23H24ClN5OS. The Balaban J connectivity index is 1.50. The van der Waals surface area contributed by atoms with Crippen LogP contribution in [0.4, 0.5) is 5.69 Å². The van der Waals surface area contributed by atoms with Crippen LogP contribution in [-0.2, 0) is 6.42 Å². The van der Waals surface area contributed by atoms with E-state index in [1.165, 1.54) is 17.0 Å². The minimum atomic E-state index is -0.148. The molecule has 2 aromatic heterocycles. The summed E-state index contributed by atoms with van der Waals surface area (Å²) in [6, 6.07) is 18.2. The average Bonchev–Trinajstić information content (AvgIpc) is 3.35. The molecule has 160 valence electrons. The van der Waals surface area contributed by atoms with Gasteiger partial charge in [-0.2, -0.15) is 4.52 Å². The van der Waals surface area contributed by atoms with Crippen LogP contribution in [0.3, 0.4) is 0 Å². The fraction of sp³-hybridized carbons (Fsp3) is 0.304. The molecule has 31 heavy (non-hydrogen) atoms. The number of piperazine rings is 1. The molecule has 1 saturated heterocycles. The summed E-state index contributed by atoms with van der Waals surface area (Å²) in [7, 11) is 0. The maximum atomic E-state index is 11.1. The lowest BCUT2D eigenvalue weighted by Gasteiger charge is -2.40. The van der Waals surface area contributed by atoms with E-state index in [1.807, 2.05) is 37.3 Å². The van der Waals surface area contributed by atoms with Gasteiger partial charge in [-0.25, -0.2) is 4.98 Å². The van der Waals surface area contributed by atoms with Gasteiger partial charge in [0, 0.05) is 43.3 Å². The molecule has 1 aliphatic heterocycles. The molecule has 0 aliphatic carbocycles. The zero-order chi connectivity index (χ0) is 21.4. The molecule has 1 fully saturated rings. The lowest BCUT2D eigenvalue weighted by Crippen LogP contribution is -2.47. The van der Waals surface area contributed by atoms with Gasteiger partial charge >= 0.3 is 0 Å². The van der Waals surface area contributed by atoms with Crippen LogP contribution in [0.15, 0.2) is 54.6 Å². The fourth-order valence-electron chi connectivity index (χ4n) is 4.20. The van der Waals surface area contributed by atoms with Crippen molar-refractivity contribution in [2.24, 2.45) is 0 Å². The number of benzene rings is 2. The molecule has 0 bridgehead atoms. The van der Waals surface area contributed by atoms with E-state index in [0.717, 1.165) is 48.9 Å². The highest BCUT2D eigenvalue weighted by Crippen LogP contribution is 2.42. The SMILES string of the molecule is CCc1nc2sc([C@H](c3ccccc3Cl)N3CCN(c4ccccc4)CC3)c(O)n2n1. The second kappa shape index (κ2) is 8.49. The van der Waals surface area contributed by atoms with Gasteiger partial charge in [-0.05, 0) is 23.8 Å². The normalized spacial score (nSPS) is 16.1. The van der Waals surface area contributed by atoms with E-state index >= 15 is 0 Å². The second-order valence-electron chi connectivity index (χ2n) is 7.65. The van der Waals surface area contributed by atoms with Gasteiger partial charge in [0.1, 0.15) is 0 Å². The summed E-state index contributed by atoms with van der Waals surface area (Å²) in [5.74, 6) is 0.890. The molecular weight excluding hydrogens is 430 g/mol. The Hall–Kier alpha value is -2.61. The number of halogens is 1. The van der Waals surface area contributed by atoms with E-state index in [-0.39, 0.29) is 11.9 Å². The molecule has 2 aromatic carbocycles. The predicted octanol–water partition coefficient (Wildman–Crippen LogP) is 4.62. The molecule has 8 heteroatoms. The van der Waals surface area contributed by atoms with Crippen molar-refractivity contribution < 1.29 is 5.11 Å². The van der Waals surface area contributed by atoms with Crippen LogP contribution >= 0.6 is 22.9 Å². The first-order valence-corrected chi connectivity index (χ1v) is 11.7. The van der Waals surface area contributed by atoms with Crippen molar-refractivity contribution in [2.45, 2.75) is 19.4 Å². The lowest BCUT2D eigenvalue weighted by atomic mass is 10.0. The first-order valence-electron chi connectivity index (χ1n) is 10.5. The van der Waals surface area contributed by atoms with Gasteiger partial charge in [0.25, 0.3) is 0 Å². The van der Waals surface area contributed by atoms with Crippen molar-refractivity contribution in [3.05, 3.63) is 75.9 Å². The number of hydrogen-bond acceptors (Lipinski definition) is 6. The number of fused-ring (bicyclic) bond motifs is 1. The molecule has 6 nitrogen and oxygen atoms in total. The minimum absolute atomic E-state index is 0.148. The smallest absolute Gasteiger partial charge is 0.230 e. The van der Waals surface area contributed by atoms with Gasteiger partial charge in [0.15, 0.2) is 5.82 Å². The van der Waals surface area contributed by atoms with Crippen LogP contribution in [0.5, 0.6) is 5.88 Å². The van der Waals surface area contributed by atoms with E-state index in [4.69, 9.17) is 11.6 Å². The van der Waals surface area contributed by atoms with E-state index < -0.39 is 0 Å². The summed E-state index contributed by atoms with van der Waals surface area (Å²) in [5, 5.41) is 16.2. The Bertz CT molecular complexity index is 1180. The Labute approximate surface area is 190 Å². The highest BCUT2D eigenvalue weighted by molar-refractivity contribution is 7.17. The van der Waals surface area contributed by atoms with Crippen LogP contribution in [0.1, 0.15) is 29.2 Å². The van der Waals surface area contributed by atoms with Crippen LogP contribution in [-0.4, -0.2) is 50.8 Å². The number of thiazole rings is 1. The Morgan fingerprint density at radius 3 is 2.42 bits per heavy atom. The van der Waals surface area contributed by atoms with Crippen molar-refractivity contribution in [3.8, 4) is 5.88 Å². The zero-order valence-corrected chi connectivity index (χ0v) is 18.9. The third kappa shape index (κ3) is 3.78. The first-order chi connectivity index (χ1) is 15.2. The summed E-state index contributed by atoms with van der Waals surface area (Å²) >= 11 is 8.12. The van der Waals surface area contributed by atoms with E-state index in [2.05, 4.69) is 44.1 Å². The Morgan fingerprint density at radius 2 is 1.74 bits per heavy atom. The predicted molar refractivity (Wildman–Crippen MR) is 125 cm³/mol. The number of nitrogens with zero attached hydrogens (tertiary/aromatic N) is 5. The summed E-state index contributed by atoms with van der Waals surface area (Å²) < 4.78 is 1.56. The molecule has 1 atom stereocenters. The quantitative estimate of drug-likeness (QED) is 0.477. The van der Waals surface area contributed by atoms with E-state index in [1.54, 1.807) is 4.52 Å². The third-order valence-corrected chi connectivity index (χ3v) is 7.23. The Kier molecular flexibility index (Phi) is 5.56. The standard InChI is InChI=1S/C23H24ClN5OS/c1-2-19-25-23-29(26-19)22(30)21(31-23)20(17-10-6-7-11-18(17)24)28-14-12-27(13-15-28)16-8-4-3-5-9-16/h3-11,20,30H,2,12-15H2,1H3/t20-/m0/s1. The molecule has 4 aromatic rings. The van der Waals surface area contributed by atoms with E-state index in [0.29, 0.717) is 9.98 Å². The average molecular weight is 454 g/mol. The number of hydrogen-bond donors (Lipinski definition) is 1. The van der Waals surface area contributed by atoms with Crippen molar-refractivity contribution in [1.82, 2.24) is 19.5 Å². The lowest BCUT2D eigenvalue weighted by molar-refractivity contribution is 0.211. The molecule has 1 N–H and O–H groups in total. The monoisotopic (exact) mass is 453 g/mol. The topological polar surface area (TPSA) is 56.9 Å². The Morgan fingerprint density at radius 1 is 1.03 bits per heavy atom. The molecule has 0 radical (unpaired) electrons. The van der Waals surface area contributed by atoms with Gasteiger partial charge < -0.3 is 10.0 Å². The number of aryl methyl sites for hydroxylation is 1. The highest BCUT2D eigenvalue weighted by atomic mass is 35.5. The number of aromatic hydroxyl groups is 1. The van der Waals surface area contributed by atoms with Gasteiger partial charge in [-0.3, -0.25) is 4.90 Å². The maximum Gasteiger partial charge on any atom is 0.230 e. The zero-order valence-electron chi connectivity index (χ0n) is 17.3. The van der Waals surface area contributed by atoms with Gasteiger partial charge in [0.2, 0.25) is 10.8 Å². The summed E-state index contributed by atoms with van der Waals surface area (Å²) in [6.45, 7) is 5.55. The van der Waals surface area contributed by atoms with Crippen LogP contribution in [0, 0.1) is 0 Å². The highest BCUT2D eigenvalue weighted by Gasteiger charge is 2.32. The number of aromatic nitrogens is 3. The molecule has 0 unspecified atom stereocenters. The van der Waals surface area contributed by atoms with Crippen molar-refractivity contribution in [3.63, 3.8) is 0 Å². The van der Waals surface area contributed by atoms with Gasteiger partial charge in [-0.1, -0.05) is 66.3 Å². The fourth-order valence-corrected chi connectivity index (χ4v) is 5.56. The van der Waals surface area contributed by atoms with Crippen molar-refractivity contribution in [2.75, 3.05) is 31.1 Å². The van der Waals surface area contributed by atoms with E-state index in [9.17, 15) is 5.11 Å². The second-order valence-corrected chi connectivity index (χ2v) is 9.06. The van der Waals surface area contributed by atoms with Gasteiger partial charge in [-0.15, -0.1) is 5.10 Å². The number of rotatable bonds is 5. The summed E-state index contributed by atoms with van der Waals surface area (Å²) in [5.41, 5.74) is 2.23. The summed E-state index contributed by atoms with van der Waals surface area (Å²) in [4.78, 5) is 10.9. The molecule has 0 amide bonds. The van der Waals surface area contributed by atoms with Gasteiger partial charge in [0.05, 0.1) is 10.9 Å². The molecule has 1 aliphatic rings. The largest absolute Gasteiger partial charge is 0.492 e.